The Bertz CT molecular complexity index is 1120. The molecule has 0 bridgehead atoms. The molecule has 0 radical (unpaired) electrons. The summed E-state index contributed by atoms with van der Waals surface area (Å²) in [4.78, 5) is 27.4. The van der Waals surface area contributed by atoms with Crippen molar-refractivity contribution in [1.29, 1.82) is 0 Å². The van der Waals surface area contributed by atoms with Gasteiger partial charge in [0.2, 0.25) is 0 Å². The highest BCUT2D eigenvalue weighted by Crippen LogP contribution is 2.30. The van der Waals surface area contributed by atoms with Crippen molar-refractivity contribution in [3.8, 4) is 0 Å². The fraction of sp³-hybridized carbons (Fsp3) is 0.200. The van der Waals surface area contributed by atoms with Crippen molar-refractivity contribution >= 4 is 23.2 Å². The summed E-state index contributed by atoms with van der Waals surface area (Å²) in [5.41, 5.74) is 5.07. The first-order chi connectivity index (χ1) is 14.5. The number of hydrogen-bond donors (Lipinski definition) is 1. The average molecular weight is 402 g/mol. The lowest BCUT2D eigenvalue weighted by molar-refractivity contribution is 0.0980. The molecule has 2 amide bonds. The van der Waals surface area contributed by atoms with Crippen LogP contribution in [0.25, 0.3) is 0 Å². The van der Waals surface area contributed by atoms with Crippen LogP contribution in [-0.2, 0) is 6.42 Å². The van der Waals surface area contributed by atoms with Gasteiger partial charge in [0, 0.05) is 23.5 Å². The normalized spacial score (nSPS) is 13.0. The van der Waals surface area contributed by atoms with E-state index in [4.69, 9.17) is 0 Å². The van der Waals surface area contributed by atoms with E-state index in [0.29, 0.717) is 12.1 Å². The fourth-order valence-electron chi connectivity index (χ4n) is 3.93. The number of carbonyl (C=O) groups is 2. The minimum atomic E-state index is -0.528. The van der Waals surface area contributed by atoms with E-state index in [0.717, 1.165) is 40.9 Å². The maximum Gasteiger partial charge on any atom is 0.261 e. The predicted molar refractivity (Wildman–Crippen MR) is 117 cm³/mol. The second-order valence-electron chi connectivity index (χ2n) is 7.60. The van der Waals surface area contributed by atoms with E-state index >= 15 is 0 Å². The molecule has 0 spiro atoms. The zero-order chi connectivity index (χ0) is 21.3. The van der Waals surface area contributed by atoms with Crippen molar-refractivity contribution < 1.29 is 14.0 Å². The number of benzene rings is 3. The molecule has 4 nitrogen and oxygen atoms in total. The zero-order valence-corrected chi connectivity index (χ0v) is 17.0. The average Bonchev–Trinajstić information content (AvgIpc) is 2.75. The van der Waals surface area contributed by atoms with E-state index in [2.05, 4.69) is 5.32 Å². The highest BCUT2D eigenvalue weighted by molar-refractivity contribution is 6.08. The van der Waals surface area contributed by atoms with Crippen LogP contribution in [0.4, 0.5) is 15.8 Å². The van der Waals surface area contributed by atoms with Crippen molar-refractivity contribution in [2.45, 2.75) is 26.7 Å². The topological polar surface area (TPSA) is 49.4 Å². The Labute approximate surface area is 175 Å². The number of para-hydroxylation sites is 1. The van der Waals surface area contributed by atoms with Gasteiger partial charge in [-0.3, -0.25) is 9.59 Å². The molecule has 1 aliphatic rings. The smallest absolute Gasteiger partial charge is 0.261 e. The lowest BCUT2D eigenvalue weighted by Gasteiger charge is -2.30. The van der Waals surface area contributed by atoms with Crippen LogP contribution >= 0.6 is 0 Å². The van der Waals surface area contributed by atoms with Crippen LogP contribution in [0.3, 0.4) is 0 Å². The third-order valence-electron chi connectivity index (χ3n) is 5.53. The lowest BCUT2D eigenvalue weighted by atomic mass is 9.98. The molecule has 1 N–H and O–H groups in total. The first-order valence-corrected chi connectivity index (χ1v) is 10.0. The summed E-state index contributed by atoms with van der Waals surface area (Å²) in [5.74, 6) is -1.08. The van der Waals surface area contributed by atoms with Crippen LogP contribution in [-0.4, -0.2) is 18.4 Å². The minimum Gasteiger partial charge on any atom is -0.322 e. The summed E-state index contributed by atoms with van der Waals surface area (Å²) < 4.78 is 14.1. The third-order valence-corrected chi connectivity index (χ3v) is 5.53. The molecule has 0 fully saturated rings. The number of nitrogens with zero attached hydrogens (tertiary/aromatic N) is 1. The second kappa shape index (κ2) is 8.11. The Morgan fingerprint density at radius 3 is 2.43 bits per heavy atom. The molecule has 0 aliphatic carbocycles. The summed E-state index contributed by atoms with van der Waals surface area (Å²) in [6.07, 6.45) is 1.52. The van der Waals surface area contributed by atoms with Gasteiger partial charge < -0.3 is 10.2 Å². The maximum atomic E-state index is 14.1. The van der Waals surface area contributed by atoms with Gasteiger partial charge in [0.25, 0.3) is 11.8 Å². The Hall–Kier alpha value is -3.47. The Morgan fingerprint density at radius 1 is 0.967 bits per heavy atom. The van der Waals surface area contributed by atoms with Crippen molar-refractivity contribution in [3.63, 3.8) is 0 Å². The molecule has 1 aliphatic heterocycles. The molecule has 30 heavy (non-hydrogen) atoms. The zero-order valence-electron chi connectivity index (χ0n) is 17.0. The summed E-state index contributed by atoms with van der Waals surface area (Å²) in [7, 11) is 0. The van der Waals surface area contributed by atoms with Crippen LogP contribution in [0.5, 0.6) is 0 Å². The van der Waals surface area contributed by atoms with Crippen molar-refractivity contribution in [2.75, 3.05) is 16.8 Å². The molecule has 5 heteroatoms. The van der Waals surface area contributed by atoms with Crippen LogP contribution in [0.1, 0.15) is 43.8 Å². The van der Waals surface area contributed by atoms with E-state index < -0.39 is 5.82 Å². The lowest BCUT2D eigenvalue weighted by Crippen LogP contribution is -2.36. The number of carbonyl (C=O) groups excluding carboxylic acids is 2. The van der Waals surface area contributed by atoms with E-state index in [1.165, 1.54) is 12.1 Å². The summed E-state index contributed by atoms with van der Waals surface area (Å²) in [6.45, 7) is 4.44. The summed E-state index contributed by atoms with van der Waals surface area (Å²) in [5, 5.41) is 3.00. The highest BCUT2D eigenvalue weighted by Gasteiger charge is 2.26. The fourth-order valence-corrected chi connectivity index (χ4v) is 3.93. The molecule has 1 heterocycles. The third kappa shape index (κ3) is 3.71. The molecule has 0 unspecified atom stereocenters. The molecular formula is C25H23FN2O2. The molecule has 0 atom stereocenters. The first kappa shape index (κ1) is 19.8. The first-order valence-electron chi connectivity index (χ1n) is 10.0. The van der Waals surface area contributed by atoms with Crippen LogP contribution < -0.4 is 10.2 Å². The van der Waals surface area contributed by atoms with E-state index in [-0.39, 0.29) is 17.4 Å². The number of hydrogen-bond acceptors (Lipinski definition) is 2. The molecule has 0 saturated carbocycles. The van der Waals surface area contributed by atoms with Crippen molar-refractivity contribution in [1.82, 2.24) is 0 Å². The molecule has 0 aromatic heterocycles. The van der Waals surface area contributed by atoms with E-state index in [1.807, 2.05) is 38.1 Å². The van der Waals surface area contributed by atoms with Gasteiger partial charge in [0.1, 0.15) is 5.82 Å². The van der Waals surface area contributed by atoms with Gasteiger partial charge in [-0.1, -0.05) is 30.3 Å². The minimum absolute atomic E-state index is 0.0576. The maximum absolute atomic E-state index is 14.1. The predicted octanol–water partition coefficient (Wildman–Crippen LogP) is 5.29. The molecule has 0 saturated heterocycles. The Morgan fingerprint density at radius 2 is 1.70 bits per heavy atom. The highest BCUT2D eigenvalue weighted by atomic mass is 19.1. The number of anilines is 2. The van der Waals surface area contributed by atoms with Gasteiger partial charge in [0.05, 0.1) is 5.56 Å². The number of nitrogens with one attached hydrogen (secondary N) is 1. The monoisotopic (exact) mass is 402 g/mol. The van der Waals surface area contributed by atoms with Gasteiger partial charge in [-0.25, -0.2) is 4.39 Å². The number of aryl methyl sites for hydroxylation is 3. The molecule has 4 rings (SSSR count). The van der Waals surface area contributed by atoms with Crippen molar-refractivity contribution in [2.24, 2.45) is 0 Å². The molecule has 3 aromatic rings. The molecular weight excluding hydrogens is 379 g/mol. The SMILES string of the molecule is Cc1cccc(C)c1NC(=O)c1ccc2c(c1)CCCN2C(=O)c1ccccc1F. The van der Waals surface area contributed by atoms with Gasteiger partial charge in [-0.2, -0.15) is 0 Å². The summed E-state index contributed by atoms with van der Waals surface area (Å²) >= 11 is 0. The Kier molecular flexibility index (Phi) is 5.36. The van der Waals surface area contributed by atoms with Crippen LogP contribution in [0, 0.1) is 19.7 Å². The van der Waals surface area contributed by atoms with Gasteiger partial charge >= 0.3 is 0 Å². The van der Waals surface area contributed by atoms with Crippen LogP contribution in [0.15, 0.2) is 60.7 Å². The van der Waals surface area contributed by atoms with Crippen LogP contribution in [0.2, 0.25) is 0 Å². The number of rotatable bonds is 3. The van der Waals surface area contributed by atoms with Crippen molar-refractivity contribution in [3.05, 3.63) is 94.3 Å². The van der Waals surface area contributed by atoms with Gasteiger partial charge in [-0.15, -0.1) is 0 Å². The number of fused-ring (bicyclic) bond motifs is 1. The number of amides is 2. The Balaban J connectivity index is 1.61. The largest absolute Gasteiger partial charge is 0.322 e. The number of halogens is 1. The molecule has 152 valence electrons. The quantitative estimate of drug-likeness (QED) is 0.647. The molecule has 3 aromatic carbocycles. The summed E-state index contributed by atoms with van der Waals surface area (Å²) in [6, 6.07) is 17.2. The van der Waals surface area contributed by atoms with Gasteiger partial charge in [0.15, 0.2) is 0 Å². The second-order valence-corrected chi connectivity index (χ2v) is 7.60. The standard InChI is InChI=1S/C25H23FN2O2/c1-16-7-5-8-17(2)23(16)27-24(29)19-12-13-22-18(15-19)9-6-14-28(22)25(30)20-10-3-4-11-21(20)26/h3-5,7-8,10-13,15H,6,9,14H2,1-2H3,(H,27,29). The van der Waals surface area contributed by atoms with Gasteiger partial charge in [-0.05, 0) is 73.7 Å². The van der Waals surface area contributed by atoms with E-state index in [1.54, 1.807) is 29.2 Å². The van der Waals surface area contributed by atoms with E-state index in [9.17, 15) is 14.0 Å².